The maximum atomic E-state index is 12.0. The second-order valence-corrected chi connectivity index (χ2v) is 6.81. The molecule has 19 heavy (non-hydrogen) atoms. The second-order valence-electron chi connectivity index (χ2n) is 4.74. The highest BCUT2D eigenvalue weighted by atomic mass is 79.9. The zero-order chi connectivity index (χ0) is 13.9. The third kappa shape index (κ3) is 3.05. The van der Waals surface area contributed by atoms with Crippen molar-refractivity contribution in [2.75, 3.05) is 18.1 Å². The van der Waals surface area contributed by atoms with E-state index in [1.165, 1.54) is 23.9 Å². The van der Waals surface area contributed by atoms with Gasteiger partial charge in [-0.05, 0) is 35.0 Å². The highest BCUT2D eigenvalue weighted by molar-refractivity contribution is 9.10. The molecular formula is C13H18BrN3OS. The fraction of sp³-hybridized carbons (Fsp3) is 0.538. The van der Waals surface area contributed by atoms with E-state index in [4.69, 9.17) is 0 Å². The minimum atomic E-state index is -0.128. The Kier molecular flexibility index (Phi) is 4.73. The van der Waals surface area contributed by atoms with E-state index in [-0.39, 0.29) is 5.56 Å². The highest BCUT2D eigenvalue weighted by Crippen LogP contribution is 2.42. The molecule has 0 atom stereocenters. The molecule has 4 nitrogen and oxygen atoms in total. The quantitative estimate of drug-likeness (QED) is 0.806. The van der Waals surface area contributed by atoms with Crippen molar-refractivity contribution >= 4 is 33.4 Å². The topological polar surface area (TPSA) is 46.9 Å². The molecule has 0 aromatic carbocycles. The van der Waals surface area contributed by atoms with Crippen LogP contribution in [0, 0.1) is 0 Å². The summed E-state index contributed by atoms with van der Waals surface area (Å²) in [6.07, 6.45) is 9.27. The molecule has 1 aromatic rings. The van der Waals surface area contributed by atoms with Gasteiger partial charge in [0.2, 0.25) is 0 Å². The van der Waals surface area contributed by atoms with Crippen molar-refractivity contribution in [3.05, 3.63) is 33.7 Å². The van der Waals surface area contributed by atoms with Crippen LogP contribution in [0.4, 0.5) is 5.69 Å². The largest absolute Gasteiger partial charge is 0.381 e. The third-order valence-electron chi connectivity index (χ3n) is 3.59. The summed E-state index contributed by atoms with van der Waals surface area (Å²) in [5.41, 5.74) is 0.641. The number of hydrogen-bond donors (Lipinski definition) is 1. The fourth-order valence-electron chi connectivity index (χ4n) is 2.12. The first-order chi connectivity index (χ1) is 9.12. The molecule has 1 aliphatic rings. The number of allylic oxidation sites excluding steroid dienone is 1. The minimum absolute atomic E-state index is 0.128. The number of nitrogens with one attached hydrogen (secondary N) is 1. The van der Waals surface area contributed by atoms with Gasteiger partial charge in [0.25, 0.3) is 5.56 Å². The van der Waals surface area contributed by atoms with Crippen LogP contribution in [0.2, 0.25) is 0 Å². The molecule has 1 fully saturated rings. The molecule has 0 unspecified atom stereocenters. The Hall–Kier alpha value is -0.750. The van der Waals surface area contributed by atoms with Crippen LogP contribution >= 0.6 is 27.7 Å². The smallest absolute Gasteiger partial charge is 0.283 e. The van der Waals surface area contributed by atoms with Crippen LogP contribution < -0.4 is 10.9 Å². The molecule has 0 aliphatic heterocycles. The second kappa shape index (κ2) is 6.13. The number of nitrogens with zero attached hydrogens (tertiary/aromatic N) is 2. The molecule has 0 radical (unpaired) electrons. The first kappa shape index (κ1) is 14.7. The molecule has 1 aliphatic carbocycles. The summed E-state index contributed by atoms with van der Waals surface area (Å²) in [6, 6.07) is 0. The van der Waals surface area contributed by atoms with Gasteiger partial charge in [-0.2, -0.15) is 16.9 Å². The van der Waals surface area contributed by atoms with E-state index in [0.717, 1.165) is 12.2 Å². The van der Waals surface area contributed by atoms with Gasteiger partial charge in [-0.3, -0.25) is 4.79 Å². The molecule has 0 amide bonds. The molecule has 0 spiro atoms. The summed E-state index contributed by atoms with van der Waals surface area (Å²) >= 11 is 5.26. The molecule has 0 bridgehead atoms. The minimum Gasteiger partial charge on any atom is -0.381 e. The molecule has 104 valence electrons. The maximum absolute atomic E-state index is 12.0. The van der Waals surface area contributed by atoms with Crippen LogP contribution in [0.15, 0.2) is 28.1 Å². The number of hydrogen-bond acceptors (Lipinski definition) is 4. The van der Waals surface area contributed by atoms with E-state index >= 15 is 0 Å². The molecule has 1 N–H and O–H groups in total. The molecule has 6 heteroatoms. The molecule has 1 heterocycles. The van der Waals surface area contributed by atoms with Gasteiger partial charge in [0, 0.05) is 11.3 Å². The van der Waals surface area contributed by atoms with E-state index in [9.17, 15) is 4.79 Å². The van der Waals surface area contributed by atoms with Gasteiger partial charge in [-0.15, -0.1) is 6.58 Å². The zero-order valence-electron chi connectivity index (χ0n) is 11.0. The monoisotopic (exact) mass is 343 g/mol. The first-order valence-electron chi connectivity index (χ1n) is 6.27. The van der Waals surface area contributed by atoms with Gasteiger partial charge < -0.3 is 5.32 Å². The van der Waals surface area contributed by atoms with E-state index in [0.29, 0.717) is 15.8 Å². The number of aromatic nitrogens is 2. The molecule has 1 saturated carbocycles. The first-order valence-corrected chi connectivity index (χ1v) is 8.29. The van der Waals surface area contributed by atoms with Crippen molar-refractivity contribution in [2.24, 2.45) is 0 Å². The summed E-state index contributed by atoms with van der Waals surface area (Å²) in [4.78, 5) is 12.0. The Morgan fingerprint density at radius 3 is 2.95 bits per heavy atom. The number of thioether (sulfide) groups is 1. The van der Waals surface area contributed by atoms with Gasteiger partial charge in [0.05, 0.1) is 18.4 Å². The number of rotatable bonds is 6. The predicted octanol–water partition coefficient (Wildman–Crippen LogP) is 2.89. The average Bonchev–Trinajstić information content (AvgIpc) is 2.37. The Balaban J connectivity index is 2.11. The predicted molar refractivity (Wildman–Crippen MR) is 85.0 cm³/mol. The van der Waals surface area contributed by atoms with Crippen LogP contribution in [-0.2, 0) is 6.54 Å². The Bertz CT molecular complexity index is 520. The number of halogens is 1. The Morgan fingerprint density at radius 2 is 2.42 bits per heavy atom. The summed E-state index contributed by atoms with van der Waals surface area (Å²) in [5.74, 6) is 0. The van der Waals surface area contributed by atoms with Crippen molar-refractivity contribution in [1.29, 1.82) is 0 Å². The molecule has 0 saturated heterocycles. The lowest BCUT2D eigenvalue weighted by atomic mass is 9.84. The SMILES string of the molecule is C=CCn1ncc(NCC2(SC)CCC2)c(Br)c1=O. The maximum Gasteiger partial charge on any atom is 0.283 e. The highest BCUT2D eigenvalue weighted by Gasteiger charge is 2.35. The Morgan fingerprint density at radius 1 is 1.68 bits per heavy atom. The fourth-order valence-corrected chi connectivity index (χ4v) is 3.48. The van der Waals surface area contributed by atoms with Gasteiger partial charge in [-0.1, -0.05) is 12.5 Å². The van der Waals surface area contributed by atoms with Crippen LogP contribution in [0.1, 0.15) is 19.3 Å². The van der Waals surface area contributed by atoms with E-state index in [1.54, 1.807) is 12.3 Å². The van der Waals surface area contributed by atoms with E-state index in [1.807, 2.05) is 11.8 Å². The van der Waals surface area contributed by atoms with Gasteiger partial charge in [-0.25, -0.2) is 4.68 Å². The standard InChI is InChI=1S/C13H18BrN3OS/c1-3-7-17-12(18)11(14)10(8-16-17)15-9-13(19-2)5-4-6-13/h3,8,15H,1,4-7,9H2,2H3. The van der Waals surface area contributed by atoms with Crippen molar-refractivity contribution < 1.29 is 0 Å². The lowest BCUT2D eigenvalue weighted by molar-refractivity contribution is 0.380. The third-order valence-corrected chi connectivity index (χ3v) is 5.77. The summed E-state index contributed by atoms with van der Waals surface area (Å²) in [5, 5.41) is 7.48. The molecule has 1 aromatic heterocycles. The van der Waals surface area contributed by atoms with E-state index in [2.05, 4.69) is 39.2 Å². The lowest BCUT2D eigenvalue weighted by Crippen LogP contribution is -2.40. The van der Waals surface area contributed by atoms with Crippen LogP contribution in [0.25, 0.3) is 0 Å². The van der Waals surface area contributed by atoms with Crippen molar-refractivity contribution in [3.8, 4) is 0 Å². The van der Waals surface area contributed by atoms with Gasteiger partial charge >= 0.3 is 0 Å². The van der Waals surface area contributed by atoms with Crippen LogP contribution in [0.3, 0.4) is 0 Å². The number of anilines is 1. The lowest BCUT2D eigenvalue weighted by Gasteiger charge is -2.40. The van der Waals surface area contributed by atoms with Crippen molar-refractivity contribution in [3.63, 3.8) is 0 Å². The van der Waals surface area contributed by atoms with E-state index < -0.39 is 0 Å². The molecular weight excluding hydrogens is 326 g/mol. The molecule has 2 rings (SSSR count). The zero-order valence-corrected chi connectivity index (χ0v) is 13.4. The average molecular weight is 344 g/mol. The van der Waals surface area contributed by atoms with Gasteiger partial charge in [0.1, 0.15) is 4.47 Å². The van der Waals surface area contributed by atoms with Gasteiger partial charge in [0.15, 0.2) is 0 Å². The normalized spacial score (nSPS) is 16.7. The van der Waals surface area contributed by atoms with Crippen molar-refractivity contribution in [1.82, 2.24) is 9.78 Å². The summed E-state index contributed by atoms with van der Waals surface area (Å²) in [6.45, 7) is 4.91. The Labute approximate surface area is 125 Å². The summed E-state index contributed by atoms with van der Waals surface area (Å²) < 4.78 is 2.26. The van der Waals surface area contributed by atoms with Crippen molar-refractivity contribution in [2.45, 2.75) is 30.6 Å². The summed E-state index contributed by atoms with van der Waals surface area (Å²) in [7, 11) is 0. The van der Waals surface area contributed by atoms with Crippen LogP contribution in [-0.4, -0.2) is 27.3 Å². The van der Waals surface area contributed by atoms with Crippen LogP contribution in [0.5, 0.6) is 0 Å².